The average molecular weight is 488 g/mol. The van der Waals surface area contributed by atoms with E-state index < -0.39 is 17.9 Å². The first-order valence-electron chi connectivity index (χ1n) is 12.2. The Labute approximate surface area is 212 Å². The summed E-state index contributed by atoms with van der Waals surface area (Å²) in [5, 5.41) is 2.82. The topological polar surface area (TPSA) is 96.5 Å². The lowest BCUT2D eigenvalue weighted by Gasteiger charge is -2.21. The van der Waals surface area contributed by atoms with Crippen molar-refractivity contribution in [1.29, 1.82) is 0 Å². The van der Waals surface area contributed by atoms with Gasteiger partial charge in [0.2, 0.25) is 0 Å². The molecule has 3 N–H and O–H groups in total. The van der Waals surface area contributed by atoms with Gasteiger partial charge in [0.05, 0.1) is 0 Å². The maximum Gasteiger partial charge on any atom is 0.279 e. The molecule has 0 saturated heterocycles. The number of aryl methyl sites for hydroxylation is 1. The fraction of sp³-hybridized carbons (Fsp3) is 0.276. The molecule has 0 aliphatic carbocycles. The second kappa shape index (κ2) is 12.5. The lowest BCUT2D eigenvalue weighted by atomic mass is 9.98. The van der Waals surface area contributed by atoms with Crippen molar-refractivity contribution in [3.8, 4) is 5.75 Å². The first-order valence-corrected chi connectivity index (χ1v) is 12.2. The van der Waals surface area contributed by atoms with E-state index in [0.29, 0.717) is 34.9 Å². The minimum atomic E-state index is -0.755. The van der Waals surface area contributed by atoms with Crippen molar-refractivity contribution >= 4 is 23.4 Å². The summed E-state index contributed by atoms with van der Waals surface area (Å²) in [6.45, 7) is 7.94. The van der Waals surface area contributed by atoms with Gasteiger partial charge < -0.3 is 10.1 Å². The Kier molecular flexibility index (Phi) is 9.22. The molecule has 0 aliphatic rings. The molecule has 7 nitrogen and oxygen atoms in total. The van der Waals surface area contributed by atoms with E-state index in [9.17, 15) is 14.4 Å². The standard InChI is InChI=1S/C29H33N3O4/c1-5-19(3)23-12-9-10-14-26(23)36-25(6-2)29(35)32-31-27(33)21-15-17-22(18-16-21)30-28(34)24-13-8-7-11-20(24)4/h7-19,25H,5-6H2,1-4H3,(H,30,34)(H,31,33)(H,32,35). The summed E-state index contributed by atoms with van der Waals surface area (Å²) in [6, 6.07) is 21.4. The molecule has 3 aromatic carbocycles. The molecule has 0 aliphatic heterocycles. The molecular formula is C29H33N3O4. The number of ether oxygens (including phenoxy) is 1. The quantitative estimate of drug-likeness (QED) is 0.353. The third kappa shape index (κ3) is 6.72. The van der Waals surface area contributed by atoms with Gasteiger partial charge >= 0.3 is 0 Å². The molecule has 2 unspecified atom stereocenters. The highest BCUT2D eigenvalue weighted by Crippen LogP contribution is 2.29. The van der Waals surface area contributed by atoms with E-state index in [2.05, 4.69) is 30.0 Å². The number of anilines is 1. The van der Waals surface area contributed by atoms with Crippen LogP contribution in [0.5, 0.6) is 5.75 Å². The van der Waals surface area contributed by atoms with E-state index in [1.807, 2.05) is 56.3 Å². The van der Waals surface area contributed by atoms with E-state index >= 15 is 0 Å². The van der Waals surface area contributed by atoms with E-state index in [0.717, 1.165) is 17.5 Å². The molecule has 3 rings (SSSR count). The molecule has 0 saturated carbocycles. The molecular weight excluding hydrogens is 454 g/mol. The zero-order valence-electron chi connectivity index (χ0n) is 21.1. The van der Waals surface area contributed by atoms with Crippen LogP contribution in [-0.2, 0) is 4.79 Å². The molecule has 2 atom stereocenters. The summed E-state index contributed by atoms with van der Waals surface area (Å²) >= 11 is 0. The van der Waals surface area contributed by atoms with Gasteiger partial charge in [0.1, 0.15) is 5.75 Å². The minimum absolute atomic E-state index is 0.224. The predicted molar refractivity (Wildman–Crippen MR) is 141 cm³/mol. The van der Waals surface area contributed by atoms with Crippen LogP contribution in [0.4, 0.5) is 5.69 Å². The normalized spacial score (nSPS) is 12.2. The first-order chi connectivity index (χ1) is 17.3. The van der Waals surface area contributed by atoms with Crippen LogP contribution < -0.4 is 20.9 Å². The molecule has 0 heterocycles. The lowest BCUT2D eigenvalue weighted by molar-refractivity contribution is -0.128. The highest BCUT2D eigenvalue weighted by Gasteiger charge is 2.21. The monoisotopic (exact) mass is 487 g/mol. The van der Waals surface area contributed by atoms with Crippen molar-refractivity contribution in [2.24, 2.45) is 0 Å². The summed E-state index contributed by atoms with van der Waals surface area (Å²) < 4.78 is 6.01. The van der Waals surface area contributed by atoms with Gasteiger partial charge in [-0.05, 0) is 73.2 Å². The Morgan fingerprint density at radius 2 is 1.47 bits per heavy atom. The molecule has 3 amide bonds. The number of hydrogen-bond acceptors (Lipinski definition) is 4. The fourth-order valence-corrected chi connectivity index (χ4v) is 3.69. The van der Waals surface area contributed by atoms with Crippen molar-refractivity contribution in [3.05, 3.63) is 95.1 Å². The summed E-state index contributed by atoms with van der Waals surface area (Å²) in [5.41, 5.74) is 8.29. The number of nitrogens with one attached hydrogen (secondary N) is 3. The molecule has 3 aromatic rings. The highest BCUT2D eigenvalue weighted by atomic mass is 16.5. The van der Waals surface area contributed by atoms with Crippen molar-refractivity contribution in [2.45, 2.75) is 52.6 Å². The summed E-state index contributed by atoms with van der Waals surface area (Å²) in [7, 11) is 0. The number of carbonyl (C=O) groups excluding carboxylic acids is 3. The van der Waals surface area contributed by atoms with Gasteiger partial charge in [0.25, 0.3) is 17.7 Å². The number of hydrazine groups is 1. The second-order valence-corrected chi connectivity index (χ2v) is 8.65. The van der Waals surface area contributed by atoms with Crippen molar-refractivity contribution in [2.75, 3.05) is 5.32 Å². The Hall–Kier alpha value is -4.13. The van der Waals surface area contributed by atoms with Gasteiger partial charge in [-0.25, -0.2) is 0 Å². The zero-order chi connectivity index (χ0) is 26.1. The van der Waals surface area contributed by atoms with Crippen molar-refractivity contribution in [1.82, 2.24) is 10.9 Å². The number of carbonyl (C=O) groups is 3. The van der Waals surface area contributed by atoms with Crippen LogP contribution in [0.25, 0.3) is 0 Å². The molecule has 188 valence electrons. The van der Waals surface area contributed by atoms with Crippen LogP contribution in [0.15, 0.2) is 72.8 Å². The van der Waals surface area contributed by atoms with E-state index in [4.69, 9.17) is 4.74 Å². The first kappa shape index (κ1) is 26.5. The maximum atomic E-state index is 12.7. The number of hydrogen-bond donors (Lipinski definition) is 3. The number of rotatable bonds is 9. The predicted octanol–water partition coefficient (Wildman–Crippen LogP) is 5.38. The molecule has 0 aromatic heterocycles. The Balaban J connectivity index is 1.56. The fourth-order valence-electron chi connectivity index (χ4n) is 3.69. The maximum absolute atomic E-state index is 12.7. The van der Waals surface area contributed by atoms with Gasteiger partial charge in [-0.2, -0.15) is 0 Å². The van der Waals surface area contributed by atoms with Crippen LogP contribution in [0.1, 0.15) is 71.4 Å². The smallest absolute Gasteiger partial charge is 0.279 e. The Bertz CT molecular complexity index is 1210. The van der Waals surface area contributed by atoms with E-state index in [-0.39, 0.29) is 5.91 Å². The molecule has 0 radical (unpaired) electrons. The number of benzene rings is 3. The summed E-state index contributed by atoms with van der Waals surface area (Å²) in [6.07, 6.45) is 0.633. The van der Waals surface area contributed by atoms with Crippen molar-refractivity contribution in [3.63, 3.8) is 0 Å². The molecule has 36 heavy (non-hydrogen) atoms. The Morgan fingerprint density at radius 1 is 0.806 bits per heavy atom. The third-order valence-electron chi connectivity index (χ3n) is 6.09. The van der Waals surface area contributed by atoms with Crippen LogP contribution >= 0.6 is 0 Å². The zero-order valence-corrected chi connectivity index (χ0v) is 21.1. The van der Waals surface area contributed by atoms with Crippen molar-refractivity contribution < 1.29 is 19.1 Å². The van der Waals surface area contributed by atoms with Crippen LogP contribution in [0.2, 0.25) is 0 Å². The van der Waals surface area contributed by atoms with Gasteiger partial charge in [-0.1, -0.05) is 57.2 Å². The van der Waals surface area contributed by atoms with Crippen LogP contribution in [0, 0.1) is 6.92 Å². The molecule has 7 heteroatoms. The van der Waals surface area contributed by atoms with Gasteiger partial charge in [0.15, 0.2) is 6.10 Å². The second-order valence-electron chi connectivity index (χ2n) is 8.65. The lowest BCUT2D eigenvalue weighted by Crippen LogP contribution is -2.48. The van der Waals surface area contributed by atoms with Crippen LogP contribution in [0.3, 0.4) is 0 Å². The highest BCUT2D eigenvalue weighted by molar-refractivity contribution is 6.05. The minimum Gasteiger partial charge on any atom is -0.480 e. The molecule has 0 fully saturated rings. The van der Waals surface area contributed by atoms with Gasteiger partial charge in [-0.15, -0.1) is 0 Å². The number of para-hydroxylation sites is 1. The summed E-state index contributed by atoms with van der Waals surface area (Å²) in [5.74, 6) is -0.172. The largest absolute Gasteiger partial charge is 0.480 e. The SMILES string of the molecule is CCC(Oc1ccccc1C(C)CC)C(=O)NNC(=O)c1ccc(NC(=O)c2ccccc2C)cc1. The van der Waals surface area contributed by atoms with E-state index in [1.165, 1.54) is 0 Å². The van der Waals surface area contributed by atoms with Gasteiger partial charge in [-0.3, -0.25) is 25.2 Å². The molecule has 0 spiro atoms. The van der Waals surface area contributed by atoms with Gasteiger partial charge in [0, 0.05) is 16.8 Å². The summed E-state index contributed by atoms with van der Waals surface area (Å²) in [4.78, 5) is 37.7. The molecule has 0 bridgehead atoms. The average Bonchev–Trinajstić information content (AvgIpc) is 2.90. The Morgan fingerprint density at radius 3 is 2.14 bits per heavy atom. The third-order valence-corrected chi connectivity index (χ3v) is 6.09. The van der Waals surface area contributed by atoms with E-state index in [1.54, 1.807) is 30.3 Å². The number of amides is 3. The van der Waals surface area contributed by atoms with Crippen LogP contribution in [-0.4, -0.2) is 23.8 Å².